The van der Waals surface area contributed by atoms with Crippen LogP contribution in [0.2, 0.25) is 0 Å². The zero-order valence-corrected chi connectivity index (χ0v) is 14.1. The SMILES string of the molecule is C=C(C)C(=O)OCC([CH2-])C[CH2-].[CH2-]CC[CH2-].[Cl][Ti+4][Cl]. The van der Waals surface area contributed by atoms with Crippen LogP contribution in [0, 0.1) is 33.6 Å². The molecular weight excluding hydrogens is 307 g/mol. The van der Waals surface area contributed by atoms with Gasteiger partial charge in [-0.05, 0) is 6.92 Å². The second kappa shape index (κ2) is 19.8. The molecule has 0 aliphatic carbocycles. The van der Waals surface area contributed by atoms with Crippen molar-refractivity contribution in [1.82, 2.24) is 0 Å². The number of ether oxygens (including phenoxy) is 1. The number of hydrogen-bond donors (Lipinski definition) is 0. The fourth-order valence-corrected chi connectivity index (χ4v) is 0.400. The molecule has 0 saturated heterocycles. The molecule has 0 amide bonds. The monoisotopic (exact) mass is 328 g/mol. The predicted octanol–water partition coefficient (Wildman–Crippen LogP) is 4.59. The number of halogens is 2. The van der Waals surface area contributed by atoms with E-state index >= 15 is 0 Å². The van der Waals surface area contributed by atoms with E-state index in [2.05, 4.69) is 34.3 Å². The number of rotatable bonds is 5. The third-order valence-electron chi connectivity index (χ3n) is 1.46. The second-order valence-electron chi connectivity index (χ2n) is 3.31. The van der Waals surface area contributed by atoms with E-state index in [1.54, 1.807) is 6.92 Å². The average Bonchev–Trinajstić information content (AvgIpc) is 2.36. The van der Waals surface area contributed by atoms with Gasteiger partial charge < -0.3 is 32.4 Å². The third kappa shape index (κ3) is 25.4. The summed E-state index contributed by atoms with van der Waals surface area (Å²) in [6.45, 7) is 19.8. The van der Waals surface area contributed by atoms with Gasteiger partial charge in [0.1, 0.15) is 0 Å². The van der Waals surface area contributed by atoms with E-state index < -0.39 is 17.0 Å². The molecule has 0 bridgehead atoms. The first-order valence-corrected chi connectivity index (χ1v) is 9.70. The molecule has 0 aromatic heterocycles. The molecule has 0 aliphatic rings. The van der Waals surface area contributed by atoms with Gasteiger partial charge in [-0.25, -0.2) is 24.1 Å². The van der Waals surface area contributed by atoms with Crippen LogP contribution in [-0.4, -0.2) is 12.6 Å². The van der Waals surface area contributed by atoms with Crippen LogP contribution < -0.4 is 0 Å². The Morgan fingerprint density at radius 3 is 1.94 bits per heavy atom. The van der Waals surface area contributed by atoms with E-state index in [0.717, 1.165) is 12.8 Å². The van der Waals surface area contributed by atoms with Crippen LogP contribution in [0.4, 0.5) is 0 Å². The maximum absolute atomic E-state index is 10.8. The van der Waals surface area contributed by atoms with Gasteiger partial charge >= 0.3 is 41.6 Å². The van der Waals surface area contributed by atoms with E-state index in [-0.39, 0.29) is 11.9 Å². The topological polar surface area (TPSA) is 26.3 Å². The van der Waals surface area contributed by atoms with Crippen molar-refractivity contribution in [2.24, 2.45) is 5.92 Å². The molecular formula is C13H22Cl2O2Ti. The van der Waals surface area contributed by atoms with Gasteiger partial charge in [0.05, 0.1) is 6.61 Å². The van der Waals surface area contributed by atoms with Crippen molar-refractivity contribution in [1.29, 1.82) is 0 Å². The van der Waals surface area contributed by atoms with Crippen LogP contribution in [0.5, 0.6) is 0 Å². The van der Waals surface area contributed by atoms with Gasteiger partial charge in [0.25, 0.3) is 0 Å². The number of unbranched alkanes of at least 4 members (excludes halogenated alkanes) is 1. The summed E-state index contributed by atoms with van der Waals surface area (Å²) in [6.07, 6.45) is 2.59. The maximum atomic E-state index is 10.8. The normalized spacial score (nSPS) is 10.4. The third-order valence-corrected chi connectivity index (χ3v) is 1.46. The van der Waals surface area contributed by atoms with Crippen molar-refractivity contribution in [3.8, 4) is 0 Å². The standard InChI is InChI=1S/C9H14O2.C4H8.2ClH.Ti/c1-5-8(4)6-11-9(10)7(2)3;1-3-4-2;;;/h8H,1-2,4-6H2,3H3;1-4H2;2*1H;/q2*-2;;;+6/p-2. The quantitative estimate of drug-likeness (QED) is 0.319. The van der Waals surface area contributed by atoms with Crippen molar-refractivity contribution >= 4 is 24.6 Å². The molecule has 104 valence electrons. The molecule has 1 unspecified atom stereocenters. The van der Waals surface area contributed by atoms with E-state index in [4.69, 9.17) is 23.3 Å². The average molecular weight is 329 g/mol. The molecule has 0 N–H and O–H groups in total. The molecule has 18 heavy (non-hydrogen) atoms. The summed E-state index contributed by atoms with van der Waals surface area (Å²) in [5.74, 6) is -0.273. The zero-order valence-electron chi connectivity index (χ0n) is 11.0. The molecule has 0 heterocycles. The molecule has 0 saturated carbocycles. The van der Waals surface area contributed by atoms with Gasteiger partial charge in [-0.1, -0.05) is 6.58 Å². The van der Waals surface area contributed by atoms with Crippen LogP contribution >= 0.6 is 18.6 Å². The molecule has 0 aliphatic heterocycles. The number of hydrogen-bond acceptors (Lipinski definition) is 2. The van der Waals surface area contributed by atoms with E-state index in [0.29, 0.717) is 18.6 Å². The van der Waals surface area contributed by atoms with E-state index in [1.165, 1.54) is 0 Å². The Hall–Kier alpha value is 0.504. The first-order valence-electron chi connectivity index (χ1n) is 5.40. The Morgan fingerprint density at radius 2 is 1.72 bits per heavy atom. The molecule has 0 spiro atoms. The molecule has 2 nitrogen and oxygen atoms in total. The minimum atomic E-state index is -0.556. The summed E-state index contributed by atoms with van der Waals surface area (Å²) in [6, 6.07) is 0. The van der Waals surface area contributed by atoms with Crippen LogP contribution in [0.25, 0.3) is 0 Å². The van der Waals surface area contributed by atoms with E-state index in [1.807, 2.05) is 0 Å². The molecule has 0 fully saturated rings. The van der Waals surface area contributed by atoms with Gasteiger partial charge in [-0.15, -0.1) is 0 Å². The summed E-state index contributed by atoms with van der Waals surface area (Å²) in [5, 5.41) is 0. The van der Waals surface area contributed by atoms with E-state index in [9.17, 15) is 4.79 Å². The Bertz CT molecular complexity index is 197. The number of esters is 1. The summed E-state index contributed by atoms with van der Waals surface area (Å²) in [4.78, 5) is 10.8. The van der Waals surface area contributed by atoms with Gasteiger partial charge in [0.15, 0.2) is 0 Å². The molecule has 1 atom stereocenters. The summed E-state index contributed by atoms with van der Waals surface area (Å²) >= 11 is -0.556. The van der Waals surface area contributed by atoms with Crippen LogP contribution in [0.1, 0.15) is 26.2 Å². The fourth-order valence-electron chi connectivity index (χ4n) is 0.400. The Labute approximate surface area is 129 Å². The summed E-state index contributed by atoms with van der Waals surface area (Å²) in [5.41, 5.74) is 0.418. The molecule has 5 heteroatoms. The van der Waals surface area contributed by atoms with Gasteiger partial charge in [-0.3, -0.25) is 0 Å². The Morgan fingerprint density at radius 1 is 1.33 bits per heavy atom. The van der Waals surface area contributed by atoms with Crippen LogP contribution in [-0.2, 0) is 26.6 Å². The molecule has 0 rings (SSSR count). The zero-order chi connectivity index (χ0) is 15.0. The van der Waals surface area contributed by atoms with Crippen molar-refractivity contribution in [2.75, 3.05) is 6.61 Å². The Kier molecular flexibility index (Phi) is 26.0. The van der Waals surface area contributed by atoms with Gasteiger partial charge in [0.2, 0.25) is 0 Å². The minimum absolute atomic E-state index is 0.0818. The number of carbonyl (C=O) groups excluding carboxylic acids is 1. The fraction of sp³-hybridized carbons (Fsp3) is 0.462. The number of carbonyl (C=O) groups is 1. The van der Waals surface area contributed by atoms with Crippen LogP contribution in [0.15, 0.2) is 12.2 Å². The first-order chi connectivity index (χ1) is 8.40. The Balaban J connectivity index is -0.000000266. The summed E-state index contributed by atoms with van der Waals surface area (Å²) in [7, 11) is 9.78. The molecule has 0 aromatic carbocycles. The van der Waals surface area contributed by atoms with Crippen molar-refractivity contribution in [2.45, 2.75) is 26.2 Å². The van der Waals surface area contributed by atoms with Gasteiger partial charge in [-0.2, -0.15) is 5.92 Å². The van der Waals surface area contributed by atoms with Crippen molar-refractivity contribution < 1.29 is 26.6 Å². The predicted molar refractivity (Wildman–Crippen MR) is 76.2 cm³/mol. The van der Waals surface area contributed by atoms with Crippen LogP contribution in [0.3, 0.4) is 0 Å². The summed E-state index contributed by atoms with van der Waals surface area (Å²) < 4.78 is 4.82. The van der Waals surface area contributed by atoms with Crippen molar-refractivity contribution in [3.63, 3.8) is 0 Å². The second-order valence-corrected chi connectivity index (χ2v) is 5.89. The molecule has 0 radical (unpaired) electrons. The first kappa shape index (κ1) is 23.6. The van der Waals surface area contributed by atoms with Crippen molar-refractivity contribution in [3.05, 3.63) is 39.8 Å². The molecule has 0 aromatic rings. The van der Waals surface area contributed by atoms with Gasteiger partial charge in [0, 0.05) is 5.57 Å².